The minimum atomic E-state index is -0.477. The standard InChI is InChI=1S/C18H15Cl2N3O4S2/c1-25-9-6-12(26-2)14-13(7-9)29-18(21-14)23-17(28)22-16(24)8-4-10(19)15(27-3)11(20)5-8/h4-7H,1-3H3,(H2,21,22,23,24,28). The maximum Gasteiger partial charge on any atom is 0.257 e. The molecular formula is C18H15Cl2N3O4S2. The molecule has 0 aliphatic rings. The van der Waals surface area contributed by atoms with E-state index in [9.17, 15) is 4.79 Å². The van der Waals surface area contributed by atoms with E-state index in [0.29, 0.717) is 27.9 Å². The van der Waals surface area contributed by atoms with Crippen LogP contribution < -0.4 is 24.8 Å². The van der Waals surface area contributed by atoms with Gasteiger partial charge in [-0.1, -0.05) is 34.5 Å². The Morgan fingerprint density at radius 1 is 1.07 bits per heavy atom. The van der Waals surface area contributed by atoms with Crippen molar-refractivity contribution in [3.8, 4) is 17.2 Å². The van der Waals surface area contributed by atoms with Crippen LogP contribution in [0.2, 0.25) is 10.0 Å². The molecule has 0 bridgehead atoms. The highest BCUT2D eigenvalue weighted by molar-refractivity contribution is 7.80. The molecule has 29 heavy (non-hydrogen) atoms. The van der Waals surface area contributed by atoms with Crippen LogP contribution in [0.4, 0.5) is 5.13 Å². The first-order chi connectivity index (χ1) is 13.9. The third-order valence-electron chi connectivity index (χ3n) is 3.80. The highest BCUT2D eigenvalue weighted by Gasteiger charge is 2.16. The third-order valence-corrected chi connectivity index (χ3v) is 5.48. The van der Waals surface area contributed by atoms with Crippen molar-refractivity contribution in [1.82, 2.24) is 10.3 Å². The van der Waals surface area contributed by atoms with Gasteiger partial charge in [-0.05, 0) is 30.4 Å². The molecule has 0 unspecified atom stereocenters. The number of carbonyl (C=O) groups excluding carboxylic acids is 1. The molecule has 1 aromatic heterocycles. The van der Waals surface area contributed by atoms with E-state index < -0.39 is 5.91 Å². The van der Waals surface area contributed by atoms with Gasteiger partial charge in [0.05, 0.1) is 36.1 Å². The number of hydrogen-bond donors (Lipinski definition) is 2. The van der Waals surface area contributed by atoms with Gasteiger partial charge in [-0.3, -0.25) is 10.1 Å². The van der Waals surface area contributed by atoms with Gasteiger partial charge in [-0.25, -0.2) is 4.98 Å². The number of thiazole rings is 1. The zero-order chi connectivity index (χ0) is 21.1. The summed E-state index contributed by atoms with van der Waals surface area (Å²) in [6.07, 6.45) is 0. The lowest BCUT2D eigenvalue weighted by atomic mass is 10.2. The van der Waals surface area contributed by atoms with Gasteiger partial charge in [0.1, 0.15) is 17.0 Å². The monoisotopic (exact) mass is 471 g/mol. The molecule has 152 valence electrons. The second-order valence-electron chi connectivity index (χ2n) is 5.58. The number of aromatic nitrogens is 1. The SMILES string of the molecule is COc1cc(OC)c2nc(NC(=S)NC(=O)c3cc(Cl)c(OC)c(Cl)c3)sc2c1. The summed E-state index contributed by atoms with van der Waals surface area (Å²) in [5, 5.41) is 6.46. The number of benzene rings is 2. The highest BCUT2D eigenvalue weighted by Crippen LogP contribution is 2.36. The average Bonchev–Trinajstić information content (AvgIpc) is 3.08. The van der Waals surface area contributed by atoms with Crippen molar-refractivity contribution in [3.05, 3.63) is 39.9 Å². The summed E-state index contributed by atoms with van der Waals surface area (Å²) in [4.78, 5) is 16.9. The van der Waals surface area contributed by atoms with Gasteiger partial charge in [0.25, 0.3) is 5.91 Å². The summed E-state index contributed by atoms with van der Waals surface area (Å²) >= 11 is 18.7. The quantitative estimate of drug-likeness (QED) is 0.519. The van der Waals surface area contributed by atoms with Crippen molar-refractivity contribution < 1.29 is 19.0 Å². The molecule has 0 saturated carbocycles. The van der Waals surface area contributed by atoms with E-state index in [4.69, 9.17) is 49.6 Å². The van der Waals surface area contributed by atoms with E-state index in [-0.39, 0.29) is 20.7 Å². The van der Waals surface area contributed by atoms with Crippen LogP contribution >= 0.6 is 46.8 Å². The first-order valence-corrected chi connectivity index (χ1v) is 10.0. The molecular weight excluding hydrogens is 457 g/mol. The molecule has 0 aliphatic heterocycles. The predicted molar refractivity (Wildman–Crippen MR) is 119 cm³/mol. The number of anilines is 1. The van der Waals surface area contributed by atoms with Gasteiger partial charge in [-0.2, -0.15) is 0 Å². The van der Waals surface area contributed by atoms with E-state index in [0.717, 1.165) is 4.70 Å². The van der Waals surface area contributed by atoms with Crippen molar-refractivity contribution in [2.75, 3.05) is 26.6 Å². The van der Waals surface area contributed by atoms with E-state index >= 15 is 0 Å². The number of nitrogens with one attached hydrogen (secondary N) is 2. The fraction of sp³-hybridized carbons (Fsp3) is 0.167. The number of carbonyl (C=O) groups is 1. The van der Waals surface area contributed by atoms with Gasteiger partial charge in [0, 0.05) is 11.6 Å². The molecule has 3 rings (SSSR count). The normalized spacial score (nSPS) is 10.5. The van der Waals surface area contributed by atoms with E-state index in [1.165, 1.54) is 30.6 Å². The summed E-state index contributed by atoms with van der Waals surface area (Å²) in [6.45, 7) is 0. The Balaban J connectivity index is 1.76. The predicted octanol–water partition coefficient (Wildman–Crippen LogP) is 4.76. The maximum atomic E-state index is 12.5. The Morgan fingerprint density at radius 2 is 1.76 bits per heavy atom. The van der Waals surface area contributed by atoms with E-state index in [2.05, 4.69) is 15.6 Å². The van der Waals surface area contributed by atoms with Crippen LogP contribution in [-0.4, -0.2) is 37.3 Å². The van der Waals surface area contributed by atoms with Crippen LogP contribution in [0, 0.1) is 0 Å². The average molecular weight is 472 g/mol. The Labute approximate surface area is 185 Å². The summed E-state index contributed by atoms with van der Waals surface area (Å²) in [7, 11) is 4.56. The number of methoxy groups -OCH3 is 3. The maximum absolute atomic E-state index is 12.5. The van der Waals surface area contributed by atoms with Crippen LogP contribution in [0.3, 0.4) is 0 Å². The summed E-state index contributed by atoms with van der Waals surface area (Å²) < 4.78 is 16.5. The van der Waals surface area contributed by atoms with E-state index in [1.807, 2.05) is 6.07 Å². The first-order valence-electron chi connectivity index (χ1n) is 8.04. The van der Waals surface area contributed by atoms with E-state index in [1.54, 1.807) is 20.3 Å². The molecule has 0 spiro atoms. The minimum Gasteiger partial charge on any atom is -0.497 e. The topological polar surface area (TPSA) is 81.7 Å². The molecule has 0 saturated heterocycles. The van der Waals surface area contributed by atoms with Crippen LogP contribution in [-0.2, 0) is 0 Å². The number of halogens is 2. The van der Waals surface area contributed by atoms with Crippen molar-refractivity contribution in [2.24, 2.45) is 0 Å². The number of hydrogen-bond acceptors (Lipinski definition) is 7. The lowest BCUT2D eigenvalue weighted by Crippen LogP contribution is -2.34. The lowest BCUT2D eigenvalue weighted by molar-refractivity contribution is 0.0977. The first kappa shape index (κ1) is 21.4. The van der Waals surface area contributed by atoms with Crippen molar-refractivity contribution >= 4 is 73.1 Å². The molecule has 0 fully saturated rings. The zero-order valence-electron chi connectivity index (χ0n) is 15.5. The summed E-state index contributed by atoms with van der Waals surface area (Å²) in [5.41, 5.74) is 0.893. The number of rotatable bonds is 5. The summed E-state index contributed by atoms with van der Waals surface area (Å²) in [6, 6.07) is 6.46. The Bertz CT molecular complexity index is 1080. The van der Waals surface area contributed by atoms with Gasteiger partial charge >= 0.3 is 0 Å². The Kier molecular flexibility index (Phi) is 6.63. The number of thiocarbonyl (C=S) groups is 1. The minimum absolute atomic E-state index is 0.0723. The van der Waals surface area contributed by atoms with Crippen LogP contribution in [0.25, 0.3) is 10.2 Å². The molecule has 2 N–H and O–H groups in total. The largest absolute Gasteiger partial charge is 0.497 e. The Morgan fingerprint density at radius 3 is 2.34 bits per heavy atom. The molecule has 0 atom stereocenters. The highest BCUT2D eigenvalue weighted by atomic mass is 35.5. The third kappa shape index (κ3) is 4.64. The molecule has 1 heterocycles. The number of ether oxygens (including phenoxy) is 3. The van der Waals surface area contributed by atoms with Crippen LogP contribution in [0.1, 0.15) is 10.4 Å². The van der Waals surface area contributed by atoms with Gasteiger partial charge in [0.15, 0.2) is 16.0 Å². The number of nitrogens with zero attached hydrogens (tertiary/aromatic N) is 1. The van der Waals surface area contributed by atoms with Crippen molar-refractivity contribution in [1.29, 1.82) is 0 Å². The number of fused-ring (bicyclic) bond motifs is 1. The fourth-order valence-corrected chi connectivity index (χ4v) is 4.30. The molecule has 7 nitrogen and oxygen atoms in total. The van der Waals surface area contributed by atoms with Gasteiger partial charge < -0.3 is 19.5 Å². The molecule has 3 aromatic rings. The van der Waals surface area contributed by atoms with Crippen molar-refractivity contribution in [3.63, 3.8) is 0 Å². The zero-order valence-corrected chi connectivity index (χ0v) is 18.6. The second kappa shape index (κ2) is 9.00. The van der Waals surface area contributed by atoms with Crippen LogP contribution in [0.5, 0.6) is 17.2 Å². The van der Waals surface area contributed by atoms with Gasteiger partial charge in [0.2, 0.25) is 0 Å². The molecule has 0 aliphatic carbocycles. The second-order valence-corrected chi connectivity index (χ2v) is 7.83. The van der Waals surface area contributed by atoms with Crippen molar-refractivity contribution in [2.45, 2.75) is 0 Å². The van der Waals surface area contributed by atoms with Gasteiger partial charge in [-0.15, -0.1) is 0 Å². The smallest absolute Gasteiger partial charge is 0.257 e. The van der Waals surface area contributed by atoms with Crippen LogP contribution in [0.15, 0.2) is 24.3 Å². The lowest BCUT2D eigenvalue weighted by Gasteiger charge is -2.10. The molecule has 2 aromatic carbocycles. The molecule has 0 radical (unpaired) electrons. The fourth-order valence-electron chi connectivity index (χ4n) is 2.49. The molecule has 1 amide bonds. The summed E-state index contributed by atoms with van der Waals surface area (Å²) in [5.74, 6) is 1.04. The number of amides is 1. The Hall–Kier alpha value is -2.33. The molecule has 11 heteroatoms.